The Morgan fingerprint density at radius 3 is 3.05 bits per heavy atom. The van der Waals surface area contributed by atoms with E-state index in [2.05, 4.69) is 15.3 Å². The summed E-state index contributed by atoms with van der Waals surface area (Å²) in [6.45, 7) is 4.88. The second-order valence-corrected chi connectivity index (χ2v) is 5.89. The number of ether oxygens (including phenoxy) is 2. The highest BCUT2D eigenvalue weighted by Gasteiger charge is 2.28. The van der Waals surface area contributed by atoms with E-state index in [0.717, 1.165) is 30.3 Å². The Balaban J connectivity index is 1.91. The number of hydrogen-bond donors (Lipinski definition) is 0. The van der Waals surface area contributed by atoms with Crippen LogP contribution in [0, 0.1) is 0 Å². The minimum absolute atomic E-state index is 0.0439. The fraction of sp³-hybridized carbons (Fsp3) is 0.692. The van der Waals surface area contributed by atoms with Gasteiger partial charge in [0.05, 0.1) is 6.61 Å². The van der Waals surface area contributed by atoms with Gasteiger partial charge in [-0.3, -0.25) is 4.79 Å². The van der Waals surface area contributed by atoms with Gasteiger partial charge in [0.15, 0.2) is 5.82 Å². The summed E-state index contributed by atoms with van der Waals surface area (Å²) in [5, 5.41) is 13.6. The van der Waals surface area contributed by atoms with E-state index in [4.69, 9.17) is 9.47 Å². The van der Waals surface area contributed by atoms with Crippen molar-refractivity contribution in [1.29, 1.82) is 0 Å². The molecule has 2 unspecified atom stereocenters. The van der Waals surface area contributed by atoms with Gasteiger partial charge < -0.3 is 9.47 Å². The van der Waals surface area contributed by atoms with E-state index in [1.54, 1.807) is 11.4 Å². The molecule has 21 heavy (non-hydrogen) atoms. The minimum Gasteiger partial charge on any atom is -0.465 e. The molecular formula is C13H18N4O3S. The standard InChI is InChI=1S/C13H18N4O3S/c1-3-8(12(18)19-4-2)11-16-17-10(9-6-5-7-20-9)14-15-13(17)21-11/h8-9H,3-7H2,1-2H3. The topological polar surface area (TPSA) is 78.6 Å². The number of esters is 1. The van der Waals surface area contributed by atoms with Gasteiger partial charge in [-0.25, -0.2) is 0 Å². The van der Waals surface area contributed by atoms with E-state index >= 15 is 0 Å². The first-order valence-electron chi connectivity index (χ1n) is 7.24. The van der Waals surface area contributed by atoms with Crippen molar-refractivity contribution in [3.63, 3.8) is 0 Å². The van der Waals surface area contributed by atoms with Crippen LogP contribution in [0.3, 0.4) is 0 Å². The third kappa shape index (κ3) is 2.65. The summed E-state index contributed by atoms with van der Waals surface area (Å²) in [7, 11) is 0. The molecule has 1 fully saturated rings. The average Bonchev–Trinajstić information content (AvgIpc) is 3.14. The zero-order valence-corrected chi connectivity index (χ0v) is 12.9. The Kier molecular flexibility index (Phi) is 4.16. The number of fused-ring (bicyclic) bond motifs is 1. The van der Waals surface area contributed by atoms with Gasteiger partial charge in [0.25, 0.3) is 0 Å². The van der Waals surface area contributed by atoms with Crippen molar-refractivity contribution in [1.82, 2.24) is 19.8 Å². The van der Waals surface area contributed by atoms with E-state index in [0.29, 0.717) is 18.0 Å². The van der Waals surface area contributed by atoms with Crippen molar-refractivity contribution >= 4 is 22.3 Å². The quantitative estimate of drug-likeness (QED) is 0.787. The molecule has 8 heteroatoms. The van der Waals surface area contributed by atoms with Crippen LogP contribution in [-0.2, 0) is 14.3 Å². The van der Waals surface area contributed by atoms with E-state index < -0.39 is 0 Å². The monoisotopic (exact) mass is 310 g/mol. The first kappa shape index (κ1) is 14.4. The van der Waals surface area contributed by atoms with Crippen molar-refractivity contribution in [3.05, 3.63) is 10.8 Å². The average molecular weight is 310 g/mol. The smallest absolute Gasteiger partial charge is 0.315 e. The summed E-state index contributed by atoms with van der Waals surface area (Å²) >= 11 is 1.39. The van der Waals surface area contributed by atoms with Gasteiger partial charge >= 0.3 is 5.97 Å². The van der Waals surface area contributed by atoms with Crippen LogP contribution in [0.4, 0.5) is 0 Å². The highest BCUT2D eigenvalue weighted by Crippen LogP contribution is 2.31. The number of carbonyl (C=O) groups excluding carboxylic acids is 1. The summed E-state index contributed by atoms with van der Waals surface area (Å²) in [5.74, 6) is 0.154. The summed E-state index contributed by atoms with van der Waals surface area (Å²) < 4.78 is 12.5. The van der Waals surface area contributed by atoms with Gasteiger partial charge in [0.2, 0.25) is 4.96 Å². The van der Waals surface area contributed by atoms with Gasteiger partial charge in [-0.05, 0) is 26.2 Å². The normalized spacial score (nSPS) is 20.0. The van der Waals surface area contributed by atoms with Crippen LogP contribution in [0.2, 0.25) is 0 Å². The highest BCUT2D eigenvalue weighted by molar-refractivity contribution is 7.16. The summed E-state index contributed by atoms with van der Waals surface area (Å²) in [6.07, 6.45) is 2.57. The molecule has 3 heterocycles. The lowest BCUT2D eigenvalue weighted by Gasteiger charge is -2.09. The number of rotatable bonds is 5. The number of carbonyl (C=O) groups is 1. The Morgan fingerprint density at radius 2 is 2.38 bits per heavy atom. The third-order valence-corrected chi connectivity index (χ3v) is 4.54. The van der Waals surface area contributed by atoms with Crippen molar-refractivity contribution in [2.45, 2.75) is 45.1 Å². The number of aromatic nitrogens is 4. The lowest BCUT2D eigenvalue weighted by molar-refractivity contribution is -0.145. The van der Waals surface area contributed by atoms with Crippen LogP contribution in [0.5, 0.6) is 0 Å². The zero-order valence-electron chi connectivity index (χ0n) is 12.1. The summed E-state index contributed by atoms with van der Waals surface area (Å²) in [6, 6.07) is 0. The van der Waals surface area contributed by atoms with Crippen LogP contribution in [0.25, 0.3) is 4.96 Å². The fourth-order valence-electron chi connectivity index (χ4n) is 2.45. The van der Waals surface area contributed by atoms with Crippen LogP contribution in [-0.4, -0.2) is 39.0 Å². The third-order valence-electron chi connectivity index (χ3n) is 3.53. The second kappa shape index (κ2) is 6.07. The van der Waals surface area contributed by atoms with Gasteiger partial charge in [0, 0.05) is 6.61 Å². The van der Waals surface area contributed by atoms with Crippen LogP contribution < -0.4 is 0 Å². The molecule has 0 spiro atoms. The first-order valence-corrected chi connectivity index (χ1v) is 8.06. The molecule has 2 aromatic heterocycles. The van der Waals surface area contributed by atoms with E-state index in [1.165, 1.54) is 11.3 Å². The van der Waals surface area contributed by atoms with Crippen LogP contribution in [0.1, 0.15) is 56.0 Å². The molecule has 1 aliphatic rings. The maximum Gasteiger partial charge on any atom is 0.315 e. The zero-order chi connectivity index (χ0) is 14.8. The maximum absolute atomic E-state index is 12.0. The lowest BCUT2D eigenvalue weighted by atomic mass is 10.1. The van der Waals surface area contributed by atoms with Gasteiger partial charge in [0.1, 0.15) is 17.0 Å². The molecule has 0 radical (unpaired) electrons. The molecule has 0 bridgehead atoms. The van der Waals surface area contributed by atoms with Gasteiger partial charge in [-0.15, -0.1) is 10.2 Å². The maximum atomic E-state index is 12.0. The molecule has 0 aromatic carbocycles. The molecule has 0 N–H and O–H groups in total. The Labute approximate surface area is 126 Å². The summed E-state index contributed by atoms with van der Waals surface area (Å²) in [5.41, 5.74) is 0. The minimum atomic E-state index is -0.339. The Hall–Kier alpha value is -1.54. The molecule has 2 atom stereocenters. The predicted octanol–water partition coefficient (Wildman–Crippen LogP) is 2.09. The van der Waals surface area contributed by atoms with E-state index in [-0.39, 0.29) is 18.0 Å². The summed E-state index contributed by atoms with van der Waals surface area (Å²) in [4.78, 5) is 12.7. The largest absolute Gasteiger partial charge is 0.465 e. The predicted molar refractivity (Wildman–Crippen MR) is 76.3 cm³/mol. The van der Waals surface area contributed by atoms with Gasteiger partial charge in [-0.2, -0.15) is 9.61 Å². The second-order valence-electron chi connectivity index (χ2n) is 4.91. The number of hydrogen-bond acceptors (Lipinski definition) is 7. The highest BCUT2D eigenvalue weighted by atomic mass is 32.1. The molecule has 114 valence electrons. The molecule has 0 aliphatic carbocycles. The Bertz CT molecular complexity index is 632. The molecule has 7 nitrogen and oxygen atoms in total. The molecule has 1 saturated heterocycles. The van der Waals surface area contributed by atoms with Crippen molar-refractivity contribution < 1.29 is 14.3 Å². The molecule has 0 saturated carbocycles. The van der Waals surface area contributed by atoms with Crippen molar-refractivity contribution in [2.24, 2.45) is 0 Å². The molecule has 1 aliphatic heterocycles. The van der Waals surface area contributed by atoms with Gasteiger partial charge in [-0.1, -0.05) is 18.3 Å². The molecular weight excluding hydrogens is 292 g/mol. The molecule has 0 amide bonds. The first-order chi connectivity index (χ1) is 10.2. The van der Waals surface area contributed by atoms with E-state index in [1.807, 2.05) is 6.92 Å². The van der Waals surface area contributed by atoms with Crippen LogP contribution in [0.15, 0.2) is 0 Å². The fourth-order valence-corrected chi connectivity index (χ4v) is 3.47. The molecule has 2 aromatic rings. The Morgan fingerprint density at radius 1 is 1.52 bits per heavy atom. The van der Waals surface area contributed by atoms with Crippen LogP contribution >= 0.6 is 11.3 Å². The van der Waals surface area contributed by atoms with Crippen molar-refractivity contribution in [3.8, 4) is 0 Å². The van der Waals surface area contributed by atoms with E-state index in [9.17, 15) is 4.79 Å². The molecule has 3 rings (SSSR count). The number of nitrogens with zero attached hydrogens (tertiary/aromatic N) is 4. The van der Waals surface area contributed by atoms with Crippen molar-refractivity contribution in [2.75, 3.05) is 13.2 Å². The lowest BCUT2D eigenvalue weighted by Crippen LogP contribution is -2.15. The SMILES string of the molecule is CCOC(=O)C(CC)c1nn2c(C3CCCO3)nnc2s1.